The Morgan fingerprint density at radius 3 is 2.69 bits per heavy atom. The zero-order chi connectivity index (χ0) is 12.2. The van der Waals surface area contributed by atoms with Crippen LogP contribution < -0.4 is 11.1 Å². The van der Waals surface area contributed by atoms with E-state index in [1.807, 2.05) is 13.8 Å². The Morgan fingerprint density at radius 1 is 1.56 bits per heavy atom. The quantitative estimate of drug-likeness (QED) is 0.739. The molecule has 0 saturated heterocycles. The van der Waals surface area contributed by atoms with Crippen LogP contribution in [0.5, 0.6) is 0 Å². The van der Waals surface area contributed by atoms with Crippen molar-refractivity contribution in [3.8, 4) is 0 Å². The van der Waals surface area contributed by atoms with E-state index in [4.69, 9.17) is 10.5 Å². The molecule has 0 aliphatic heterocycles. The van der Waals surface area contributed by atoms with Gasteiger partial charge in [-0.3, -0.25) is 4.79 Å². The van der Waals surface area contributed by atoms with E-state index in [0.29, 0.717) is 18.4 Å². The molecule has 0 aromatic carbocycles. The van der Waals surface area contributed by atoms with Crippen LogP contribution in [0.4, 0.5) is 0 Å². The number of ether oxygens (including phenoxy) is 1. The Balaban J connectivity index is 2.34. The summed E-state index contributed by atoms with van der Waals surface area (Å²) in [5.74, 6) is 0.523. The number of nitrogens with two attached hydrogens (primary N) is 1. The van der Waals surface area contributed by atoms with E-state index in [1.54, 1.807) is 7.11 Å². The Kier molecular flexibility index (Phi) is 4.74. The second kappa shape index (κ2) is 5.64. The first kappa shape index (κ1) is 13.5. The van der Waals surface area contributed by atoms with Crippen LogP contribution in [0.25, 0.3) is 0 Å². The van der Waals surface area contributed by atoms with Crippen molar-refractivity contribution >= 4 is 5.91 Å². The minimum atomic E-state index is -0.694. The Hall–Kier alpha value is -0.610. The Morgan fingerprint density at radius 2 is 2.25 bits per heavy atom. The van der Waals surface area contributed by atoms with Gasteiger partial charge in [-0.2, -0.15) is 0 Å². The molecule has 1 amide bonds. The zero-order valence-corrected chi connectivity index (χ0v) is 10.6. The van der Waals surface area contributed by atoms with Crippen LogP contribution in [0, 0.1) is 5.92 Å². The summed E-state index contributed by atoms with van der Waals surface area (Å²) >= 11 is 0. The summed E-state index contributed by atoms with van der Waals surface area (Å²) in [4.78, 5) is 11.9. The standard InChI is InChI=1S/C12H24N2O2/c1-4-12(2,16-3)11(15)14-8-9-5-6-10(13)7-9/h9-10H,4-8,13H2,1-3H3,(H,14,15). The summed E-state index contributed by atoms with van der Waals surface area (Å²) in [5.41, 5.74) is 5.14. The van der Waals surface area contributed by atoms with Crippen molar-refractivity contribution in [2.24, 2.45) is 11.7 Å². The molecule has 0 aromatic heterocycles. The third-order valence-electron chi connectivity index (χ3n) is 3.74. The van der Waals surface area contributed by atoms with Gasteiger partial charge in [0.25, 0.3) is 5.91 Å². The molecule has 0 heterocycles. The van der Waals surface area contributed by atoms with Gasteiger partial charge in [-0.1, -0.05) is 6.92 Å². The van der Waals surface area contributed by atoms with Gasteiger partial charge in [0, 0.05) is 19.7 Å². The lowest BCUT2D eigenvalue weighted by atomic mass is 10.0. The highest BCUT2D eigenvalue weighted by molar-refractivity contribution is 5.84. The van der Waals surface area contributed by atoms with E-state index in [2.05, 4.69) is 5.32 Å². The van der Waals surface area contributed by atoms with E-state index in [-0.39, 0.29) is 5.91 Å². The average Bonchev–Trinajstić information content (AvgIpc) is 2.70. The lowest BCUT2D eigenvalue weighted by molar-refractivity contribution is -0.142. The SMILES string of the molecule is CCC(C)(OC)C(=O)NCC1CCC(N)C1. The van der Waals surface area contributed by atoms with Gasteiger partial charge in [0.2, 0.25) is 0 Å². The number of amides is 1. The average molecular weight is 228 g/mol. The maximum atomic E-state index is 11.9. The number of nitrogens with one attached hydrogen (secondary N) is 1. The van der Waals surface area contributed by atoms with Crippen LogP contribution in [-0.4, -0.2) is 31.2 Å². The highest BCUT2D eigenvalue weighted by atomic mass is 16.5. The molecule has 4 nitrogen and oxygen atoms in total. The molecule has 0 radical (unpaired) electrons. The maximum Gasteiger partial charge on any atom is 0.251 e. The zero-order valence-electron chi connectivity index (χ0n) is 10.6. The molecular weight excluding hydrogens is 204 g/mol. The third-order valence-corrected chi connectivity index (χ3v) is 3.74. The third kappa shape index (κ3) is 3.19. The van der Waals surface area contributed by atoms with Crippen LogP contribution in [0.2, 0.25) is 0 Å². The van der Waals surface area contributed by atoms with Crippen molar-refractivity contribution in [3.05, 3.63) is 0 Å². The van der Waals surface area contributed by atoms with Gasteiger partial charge in [0.15, 0.2) is 0 Å². The lowest BCUT2D eigenvalue weighted by Gasteiger charge is -2.26. The topological polar surface area (TPSA) is 64.3 Å². The summed E-state index contributed by atoms with van der Waals surface area (Å²) in [5, 5.41) is 2.97. The van der Waals surface area contributed by atoms with Crippen LogP contribution in [0.15, 0.2) is 0 Å². The molecule has 1 aliphatic carbocycles. The highest BCUT2D eigenvalue weighted by Gasteiger charge is 2.31. The summed E-state index contributed by atoms with van der Waals surface area (Å²) in [7, 11) is 1.58. The molecule has 1 rings (SSSR count). The normalized spacial score (nSPS) is 28.8. The molecule has 0 bridgehead atoms. The molecule has 16 heavy (non-hydrogen) atoms. The smallest absolute Gasteiger partial charge is 0.251 e. The number of hydrogen-bond acceptors (Lipinski definition) is 3. The predicted molar refractivity (Wildman–Crippen MR) is 64.0 cm³/mol. The van der Waals surface area contributed by atoms with Crippen molar-refractivity contribution in [3.63, 3.8) is 0 Å². The van der Waals surface area contributed by atoms with Crippen LogP contribution in [-0.2, 0) is 9.53 Å². The molecule has 3 N–H and O–H groups in total. The van der Waals surface area contributed by atoms with Gasteiger partial charge >= 0.3 is 0 Å². The number of carbonyl (C=O) groups is 1. The molecule has 94 valence electrons. The van der Waals surface area contributed by atoms with Gasteiger partial charge in [-0.15, -0.1) is 0 Å². The van der Waals surface area contributed by atoms with Gasteiger partial charge < -0.3 is 15.8 Å². The van der Waals surface area contributed by atoms with Crippen molar-refractivity contribution < 1.29 is 9.53 Å². The first-order chi connectivity index (χ1) is 7.51. The first-order valence-corrected chi connectivity index (χ1v) is 6.11. The first-order valence-electron chi connectivity index (χ1n) is 6.11. The van der Waals surface area contributed by atoms with Crippen LogP contribution in [0.3, 0.4) is 0 Å². The number of carbonyl (C=O) groups excluding carboxylic acids is 1. The van der Waals surface area contributed by atoms with Crippen LogP contribution >= 0.6 is 0 Å². The monoisotopic (exact) mass is 228 g/mol. The summed E-state index contributed by atoms with van der Waals surface area (Å²) in [6, 6.07) is 0.321. The lowest BCUT2D eigenvalue weighted by Crippen LogP contribution is -2.46. The molecule has 1 aliphatic rings. The van der Waals surface area contributed by atoms with Crippen molar-refractivity contribution in [1.82, 2.24) is 5.32 Å². The summed E-state index contributed by atoms with van der Waals surface area (Å²) < 4.78 is 5.25. The molecular formula is C12H24N2O2. The molecule has 0 aromatic rings. The second-order valence-electron chi connectivity index (χ2n) is 4.94. The van der Waals surface area contributed by atoms with Crippen LogP contribution in [0.1, 0.15) is 39.5 Å². The fourth-order valence-corrected chi connectivity index (χ4v) is 2.12. The largest absolute Gasteiger partial charge is 0.369 e. The highest BCUT2D eigenvalue weighted by Crippen LogP contribution is 2.23. The van der Waals surface area contributed by atoms with Crippen molar-refractivity contribution in [1.29, 1.82) is 0 Å². The fraction of sp³-hybridized carbons (Fsp3) is 0.917. The minimum Gasteiger partial charge on any atom is -0.369 e. The number of rotatable bonds is 5. The number of hydrogen-bond donors (Lipinski definition) is 2. The van der Waals surface area contributed by atoms with E-state index in [0.717, 1.165) is 25.8 Å². The van der Waals surface area contributed by atoms with Crippen molar-refractivity contribution in [2.45, 2.75) is 51.2 Å². The Labute approximate surface area is 97.9 Å². The second-order valence-corrected chi connectivity index (χ2v) is 4.94. The summed E-state index contributed by atoms with van der Waals surface area (Å²) in [6.45, 7) is 4.50. The van der Waals surface area contributed by atoms with Crippen molar-refractivity contribution in [2.75, 3.05) is 13.7 Å². The van der Waals surface area contributed by atoms with Gasteiger partial charge in [0.1, 0.15) is 5.60 Å². The molecule has 3 unspecified atom stereocenters. The van der Waals surface area contributed by atoms with E-state index in [1.165, 1.54) is 0 Å². The molecule has 3 atom stereocenters. The van der Waals surface area contributed by atoms with E-state index >= 15 is 0 Å². The molecule has 1 saturated carbocycles. The van der Waals surface area contributed by atoms with Gasteiger partial charge in [0.05, 0.1) is 0 Å². The fourth-order valence-electron chi connectivity index (χ4n) is 2.12. The van der Waals surface area contributed by atoms with E-state index < -0.39 is 5.60 Å². The van der Waals surface area contributed by atoms with E-state index in [9.17, 15) is 4.79 Å². The van der Waals surface area contributed by atoms with Gasteiger partial charge in [-0.25, -0.2) is 0 Å². The summed E-state index contributed by atoms with van der Waals surface area (Å²) in [6.07, 6.45) is 3.91. The molecule has 1 fully saturated rings. The number of methoxy groups -OCH3 is 1. The maximum absolute atomic E-state index is 11.9. The van der Waals surface area contributed by atoms with Gasteiger partial charge in [-0.05, 0) is 38.5 Å². The minimum absolute atomic E-state index is 0.0158. The molecule has 4 heteroatoms. The Bertz CT molecular complexity index is 239. The molecule has 0 spiro atoms. The predicted octanol–water partition coefficient (Wildman–Crippen LogP) is 1.05.